The summed E-state index contributed by atoms with van der Waals surface area (Å²) in [6.45, 7) is 9.35. The highest BCUT2D eigenvalue weighted by atomic mass is 16.5. The lowest BCUT2D eigenvalue weighted by molar-refractivity contribution is -0.139. The first-order chi connectivity index (χ1) is 32.3. The number of Topliss-reactive ketones (excluding diaryl/α,β-unsaturated/α-hetero) is 2. The molecule has 3 rings (SSSR count). The van der Waals surface area contributed by atoms with Crippen LogP contribution in [0, 0.1) is 5.92 Å². The average Bonchev–Trinajstić information content (AvgIpc) is 3.91. The van der Waals surface area contributed by atoms with Crippen LogP contribution in [0.15, 0.2) is 36.5 Å². The van der Waals surface area contributed by atoms with Gasteiger partial charge in [-0.1, -0.05) is 13.3 Å². The van der Waals surface area contributed by atoms with Gasteiger partial charge in [-0.05, 0) is 26.7 Å². The van der Waals surface area contributed by atoms with Crippen molar-refractivity contribution in [1.29, 1.82) is 0 Å². The summed E-state index contributed by atoms with van der Waals surface area (Å²) in [4.78, 5) is 146. The Bertz CT molecular complexity index is 1780. The lowest BCUT2D eigenvalue weighted by atomic mass is 10.1. The van der Waals surface area contributed by atoms with Crippen molar-refractivity contribution < 1.29 is 82.7 Å². The number of ether oxygens (including phenoxy) is 4. The molecular formula is C44H67N7O17. The van der Waals surface area contributed by atoms with Crippen LogP contribution in [0.4, 0.5) is 0 Å². The molecule has 0 bridgehead atoms. The van der Waals surface area contributed by atoms with Gasteiger partial charge in [0.25, 0.3) is 35.4 Å². The van der Waals surface area contributed by atoms with E-state index in [2.05, 4.69) is 21.7 Å². The highest BCUT2D eigenvalue weighted by molar-refractivity contribution is 6.14. The van der Waals surface area contributed by atoms with Gasteiger partial charge < -0.3 is 45.4 Å². The molecule has 0 aromatic heterocycles. The number of unbranched alkanes of at least 4 members (excludes halogenated alkanes) is 1. The maximum atomic E-state index is 11.7. The fourth-order valence-corrected chi connectivity index (χ4v) is 5.11. The molecule has 0 aromatic rings. The third kappa shape index (κ3) is 32.1. The third-order valence-electron chi connectivity index (χ3n) is 8.57. The first-order valence-corrected chi connectivity index (χ1v) is 21.7. The van der Waals surface area contributed by atoms with Crippen LogP contribution >= 0.6 is 0 Å². The summed E-state index contributed by atoms with van der Waals surface area (Å²) in [7, 11) is 0. The second kappa shape index (κ2) is 37.5. The Balaban J connectivity index is 0. The molecule has 1 unspecified atom stereocenters. The number of nitrogens with two attached hydrogens (primary N) is 1. The van der Waals surface area contributed by atoms with Crippen molar-refractivity contribution in [2.75, 3.05) is 92.1 Å². The van der Waals surface area contributed by atoms with E-state index >= 15 is 0 Å². The number of primary amides is 1. The Morgan fingerprint density at radius 2 is 0.882 bits per heavy atom. The van der Waals surface area contributed by atoms with E-state index in [9.17, 15) is 62.3 Å². The van der Waals surface area contributed by atoms with E-state index in [1.54, 1.807) is 0 Å². The van der Waals surface area contributed by atoms with E-state index in [4.69, 9.17) is 18.9 Å². The summed E-state index contributed by atoms with van der Waals surface area (Å²) in [5.74, 6) is -3.36. The molecular weight excluding hydrogens is 899 g/mol. The van der Waals surface area contributed by atoms with E-state index in [0.717, 1.165) is 40.2 Å². The van der Waals surface area contributed by atoms with Crippen LogP contribution in [0.5, 0.6) is 0 Å². The van der Waals surface area contributed by atoms with Gasteiger partial charge in [0.1, 0.15) is 25.3 Å². The van der Waals surface area contributed by atoms with E-state index < -0.39 is 23.6 Å². The molecule has 0 fully saturated rings. The van der Waals surface area contributed by atoms with Gasteiger partial charge in [-0.3, -0.25) is 72.2 Å². The van der Waals surface area contributed by atoms with Gasteiger partial charge in [-0.2, -0.15) is 0 Å². The van der Waals surface area contributed by atoms with Crippen molar-refractivity contribution in [3.8, 4) is 0 Å². The molecule has 1 atom stereocenters. The van der Waals surface area contributed by atoms with Crippen molar-refractivity contribution in [2.45, 2.75) is 66.2 Å². The van der Waals surface area contributed by atoms with Crippen LogP contribution in [0.2, 0.25) is 0 Å². The maximum Gasteiger partial charge on any atom is 0.253 e. The summed E-state index contributed by atoms with van der Waals surface area (Å²) >= 11 is 0. The normalized spacial score (nSPS) is 13.9. The zero-order valence-corrected chi connectivity index (χ0v) is 39.1. The molecule has 24 heteroatoms. The smallest absolute Gasteiger partial charge is 0.253 e. The predicted molar refractivity (Wildman–Crippen MR) is 241 cm³/mol. The Morgan fingerprint density at radius 1 is 0.529 bits per heavy atom. The van der Waals surface area contributed by atoms with E-state index in [0.29, 0.717) is 39.5 Å². The molecule has 0 radical (unpaired) electrons. The van der Waals surface area contributed by atoms with Crippen LogP contribution in [-0.2, 0) is 81.3 Å². The van der Waals surface area contributed by atoms with Crippen molar-refractivity contribution >= 4 is 76.9 Å². The van der Waals surface area contributed by atoms with Crippen LogP contribution in [0.1, 0.15) is 67.6 Å². The maximum absolute atomic E-state index is 11.7. The number of imide groups is 3. The minimum atomic E-state index is -0.408. The number of nitrogens with one attached hydrogen (secondary N) is 3. The van der Waals surface area contributed by atoms with Gasteiger partial charge in [0.2, 0.25) is 23.6 Å². The molecule has 0 aromatic carbocycles. The molecule has 24 nitrogen and oxygen atoms in total. The Kier molecular flexibility index (Phi) is 33.8. The van der Waals surface area contributed by atoms with Gasteiger partial charge in [0, 0.05) is 109 Å². The minimum absolute atomic E-state index is 0. The largest absolute Gasteiger partial charge is 0.377 e. The highest BCUT2D eigenvalue weighted by Crippen LogP contribution is 2.06. The van der Waals surface area contributed by atoms with Gasteiger partial charge in [0.05, 0.1) is 39.6 Å². The fourth-order valence-electron chi connectivity index (χ4n) is 5.11. The van der Waals surface area contributed by atoms with E-state index in [1.165, 1.54) is 57.2 Å². The Morgan fingerprint density at radius 3 is 1.25 bits per heavy atom. The molecule has 0 spiro atoms. The third-order valence-corrected chi connectivity index (χ3v) is 8.57. The second-order valence-corrected chi connectivity index (χ2v) is 14.7. The van der Waals surface area contributed by atoms with E-state index in [1.807, 2.05) is 6.92 Å². The molecule has 10 amide bonds. The van der Waals surface area contributed by atoms with E-state index in [-0.39, 0.29) is 126 Å². The predicted octanol–water partition coefficient (Wildman–Crippen LogP) is -1.76. The molecule has 0 saturated heterocycles. The van der Waals surface area contributed by atoms with Gasteiger partial charge in [0.15, 0.2) is 5.78 Å². The van der Waals surface area contributed by atoms with Gasteiger partial charge in [-0.15, -0.1) is 0 Å². The van der Waals surface area contributed by atoms with Crippen LogP contribution in [0.3, 0.4) is 0 Å². The summed E-state index contributed by atoms with van der Waals surface area (Å²) < 4.78 is 20.7. The zero-order chi connectivity index (χ0) is 51.3. The van der Waals surface area contributed by atoms with Crippen molar-refractivity contribution in [2.24, 2.45) is 11.7 Å². The molecule has 380 valence electrons. The minimum Gasteiger partial charge on any atom is -0.377 e. The lowest BCUT2D eigenvalue weighted by Crippen LogP contribution is -2.35. The van der Waals surface area contributed by atoms with Crippen LogP contribution in [-0.4, -0.2) is 184 Å². The second-order valence-electron chi connectivity index (χ2n) is 14.7. The topological polar surface area (TPSA) is 331 Å². The van der Waals surface area contributed by atoms with Crippen molar-refractivity contribution in [3.63, 3.8) is 0 Å². The number of aldehydes is 1. The monoisotopic (exact) mass is 965 g/mol. The average molecular weight is 966 g/mol. The van der Waals surface area contributed by atoms with Gasteiger partial charge in [-0.25, -0.2) is 0 Å². The summed E-state index contributed by atoms with van der Waals surface area (Å²) in [5, 5.41) is 7.99. The quantitative estimate of drug-likeness (QED) is 0.0340. The number of hydrogen-bond acceptors (Lipinski definition) is 17. The fraction of sp³-hybridized carbons (Fsp3) is 0.568. The van der Waals surface area contributed by atoms with Crippen molar-refractivity contribution in [1.82, 2.24) is 30.7 Å². The lowest BCUT2D eigenvalue weighted by Gasteiger charge is -2.13. The molecule has 0 aliphatic carbocycles. The molecule has 68 heavy (non-hydrogen) atoms. The number of carbonyl (C=O) groups excluding carboxylic acids is 13. The van der Waals surface area contributed by atoms with Crippen LogP contribution in [0.25, 0.3) is 0 Å². The SMILES string of the molecule is CC(=O)CCN1C(=O)C=CC1=O.CC(=O)COCCOCCNC(=O)CCN1C(=O)C=CC1=O.CC(C=O)CCCCNC(=O)COCCOCCNC(=O)CCN1C(=O)C=CC1=O.CC(N)=O.[HH]. The van der Waals surface area contributed by atoms with Crippen molar-refractivity contribution in [3.05, 3.63) is 36.5 Å². The van der Waals surface area contributed by atoms with Gasteiger partial charge >= 0.3 is 0 Å². The summed E-state index contributed by atoms with van der Waals surface area (Å²) in [6.07, 6.45) is 10.9. The van der Waals surface area contributed by atoms with Crippen LogP contribution < -0.4 is 21.7 Å². The molecule has 3 aliphatic heterocycles. The Labute approximate surface area is 396 Å². The Hall–Kier alpha value is -6.63. The molecule has 3 aliphatic rings. The molecule has 0 saturated carbocycles. The number of ketones is 2. The zero-order valence-electron chi connectivity index (χ0n) is 39.1. The highest BCUT2D eigenvalue weighted by Gasteiger charge is 2.25. The molecule has 3 heterocycles. The number of rotatable bonds is 31. The first-order valence-electron chi connectivity index (χ1n) is 21.7. The number of hydrogen-bond donors (Lipinski definition) is 4. The standard InChI is InChI=1S/C20H31N3O7.C14H20N2O6.C8H9NO3.C2H5NO.H2/c1-16(14-24)4-2-3-8-21-18(26)15-30-13-12-29-11-9-22-17(25)7-10-23-19(27)5-6-20(23)28;1-11(17)10-22-9-8-21-7-5-15-12(18)4-6-16-13(19)2-3-14(16)20;1-6(10)4-5-9-7(11)2-3-8(9)12;1-2(3)4;/h5-6,14,16H,2-4,7-13,15H2,1H3,(H,21,26)(H,22,25);2-3H,4-10H2,1H3,(H,15,18);2-3H,4-5H2,1H3;1H3,(H2,3,4);1H. The number of amides is 10. The first kappa shape index (κ1) is 61.4. The summed E-state index contributed by atoms with van der Waals surface area (Å²) in [6, 6.07) is 0. The number of carbonyl (C=O) groups is 13. The summed E-state index contributed by atoms with van der Waals surface area (Å²) in [5.41, 5.74) is 4.47. The number of nitrogens with zero attached hydrogens (tertiary/aromatic N) is 3. The molecule has 5 N–H and O–H groups in total.